The second-order valence-corrected chi connectivity index (χ2v) is 5.76. The van der Waals surface area contributed by atoms with Gasteiger partial charge in [0.2, 0.25) is 0 Å². The highest BCUT2D eigenvalue weighted by Crippen LogP contribution is 2.47. The molecule has 2 aromatic rings. The second-order valence-electron chi connectivity index (χ2n) is 3.87. The van der Waals surface area contributed by atoms with Gasteiger partial charge >= 0.3 is 0 Å². The van der Waals surface area contributed by atoms with Gasteiger partial charge in [-0.15, -0.1) is 0 Å². The number of anilines is 1. The molecule has 1 heterocycles. The van der Waals surface area contributed by atoms with E-state index in [4.69, 9.17) is 63.7 Å². The summed E-state index contributed by atoms with van der Waals surface area (Å²) in [6.45, 7) is -0.244. The van der Waals surface area contributed by atoms with Crippen molar-refractivity contribution in [3.63, 3.8) is 0 Å². The molecule has 0 radical (unpaired) electrons. The maximum atomic E-state index is 9.23. The molecule has 106 valence electrons. The quantitative estimate of drug-likeness (QED) is 0.570. The van der Waals surface area contributed by atoms with Gasteiger partial charge in [0.05, 0.1) is 49.3 Å². The van der Waals surface area contributed by atoms with Crippen LogP contribution < -0.4 is 5.73 Å². The van der Waals surface area contributed by atoms with Gasteiger partial charge in [0.1, 0.15) is 0 Å². The molecule has 0 bridgehead atoms. The van der Waals surface area contributed by atoms with E-state index in [0.717, 1.165) is 0 Å². The average Bonchev–Trinajstić information content (AvgIpc) is 2.45. The van der Waals surface area contributed by atoms with E-state index in [-0.39, 0.29) is 31.7 Å². The molecule has 3 N–H and O–H groups in total. The Kier molecular flexibility index (Phi) is 4.90. The molecule has 0 unspecified atom stereocenters. The van der Waals surface area contributed by atoms with Crippen LogP contribution in [0.15, 0.2) is 12.3 Å². The van der Waals surface area contributed by atoms with Crippen molar-refractivity contribution in [3.05, 3.63) is 42.9 Å². The van der Waals surface area contributed by atoms with Gasteiger partial charge in [-0.05, 0) is 6.07 Å². The SMILES string of the molecule is Nc1cnc(-c2c(Cl)c(Cl)c(Cl)c(Cl)c2Cl)cc1CO. The van der Waals surface area contributed by atoms with Crippen LogP contribution >= 0.6 is 58.0 Å². The van der Waals surface area contributed by atoms with Crippen molar-refractivity contribution >= 4 is 63.7 Å². The smallest absolute Gasteiger partial charge is 0.0809 e. The lowest BCUT2D eigenvalue weighted by Crippen LogP contribution is -1.98. The van der Waals surface area contributed by atoms with Gasteiger partial charge in [-0.25, -0.2) is 0 Å². The van der Waals surface area contributed by atoms with Crippen molar-refractivity contribution in [2.24, 2.45) is 0 Å². The minimum absolute atomic E-state index is 0.0740. The van der Waals surface area contributed by atoms with Crippen LogP contribution in [0, 0.1) is 0 Å². The van der Waals surface area contributed by atoms with Crippen LogP contribution in [0.1, 0.15) is 5.56 Å². The molecule has 0 saturated carbocycles. The van der Waals surface area contributed by atoms with Gasteiger partial charge in [-0.1, -0.05) is 58.0 Å². The average molecular weight is 372 g/mol. The van der Waals surface area contributed by atoms with Gasteiger partial charge in [0, 0.05) is 11.1 Å². The Morgan fingerprint density at radius 3 is 1.95 bits per heavy atom. The van der Waals surface area contributed by atoms with Crippen LogP contribution in [0.2, 0.25) is 25.1 Å². The standard InChI is InChI=1S/C12H7Cl5N2O/c13-8-7(9(14)11(16)12(17)10(8)15)6-1-4(3-20)5(18)2-19-6/h1-2,20H,3,18H2. The van der Waals surface area contributed by atoms with Gasteiger partial charge in [0.25, 0.3) is 0 Å². The highest BCUT2D eigenvalue weighted by Gasteiger charge is 2.21. The Hall–Kier alpha value is -0.420. The number of aliphatic hydroxyl groups is 1. The third kappa shape index (κ3) is 2.67. The minimum atomic E-state index is -0.244. The lowest BCUT2D eigenvalue weighted by atomic mass is 10.1. The summed E-state index contributed by atoms with van der Waals surface area (Å²) in [5, 5.41) is 9.74. The highest BCUT2D eigenvalue weighted by molar-refractivity contribution is 6.56. The summed E-state index contributed by atoms with van der Waals surface area (Å²) in [4.78, 5) is 4.13. The van der Waals surface area contributed by atoms with Crippen LogP contribution in [0.25, 0.3) is 11.3 Å². The molecule has 0 aliphatic carbocycles. The molecule has 0 aliphatic heterocycles. The Bertz CT molecular complexity index is 661. The third-order valence-corrected chi connectivity index (χ3v) is 4.94. The number of benzene rings is 1. The topological polar surface area (TPSA) is 59.1 Å². The molecule has 0 fully saturated rings. The molecule has 1 aromatic heterocycles. The molecule has 0 amide bonds. The largest absolute Gasteiger partial charge is 0.397 e. The Balaban J connectivity index is 2.76. The summed E-state index contributed by atoms with van der Waals surface area (Å²) in [7, 11) is 0. The predicted molar refractivity (Wildman–Crippen MR) is 85.1 cm³/mol. The maximum absolute atomic E-state index is 9.23. The second kappa shape index (κ2) is 6.14. The number of aromatic nitrogens is 1. The first-order valence-corrected chi connectivity index (χ1v) is 7.14. The van der Waals surface area contributed by atoms with Crippen molar-refractivity contribution in [3.8, 4) is 11.3 Å². The highest BCUT2D eigenvalue weighted by atomic mass is 35.5. The number of rotatable bonds is 2. The first-order valence-electron chi connectivity index (χ1n) is 5.25. The van der Waals surface area contributed by atoms with E-state index in [2.05, 4.69) is 4.98 Å². The van der Waals surface area contributed by atoms with E-state index < -0.39 is 0 Å². The van der Waals surface area contributed by atoms with Crippen molar-refractivity contribution in [1.29, 1.82) is 0 Å². The van der Waals surface area contributed by atoms with E-state index >= 15 is 0 Å². The first kappa shape index (κ1) is 16.0. The monoisotopic (exact) mass is 370 g/mol. The summed E-state index contributed by atoms with van der Waals surface area (Å²) in [5.41, 5.74) is 7.25. The number of nitrogens with two attached hydrogens (primary N) is 1. The fourth-order valence-corrected chi connectivity index (χ4v) is 2.94. The summed E-state index contributed by atoms with van der Waals surface area (Å²) in [5.74, 6) is 0. The third-order valence-electron chi connectivity index (χ3n) is 2.66. The summed E-state index contributed by atoms with van der Waals surface area (Å²) >= 11 is 30.2. The number of hydrogen-bond donors (Lipinski definition) is 2. The maximum Gasteiger partial charge on any atom is 0.0809 e. The molecule has 8 heteroatoms. The van der Waals surface area contributed by atoms with Crippen LogP contribution in [-0.2, 0) is 6.61 Å². The fourth-order valence-electron chi connectivity index (χ4n) is 1.61. The number of hydrogen-bond acceptors (Lipinski definition) is 3. The first-order chi connectivity index (χ1) is 9.38. The Morgan fingerprint density at radius 2 is 1.45 bits per heavy atom. The van der Waals surface area contributed by atoms with E-state index in [0.29, 0.717) is 22.5 Å². The summed E-state index contributed by atoms with van der Waals surface area (Å²) in [6, 6.07) is 1.56. The molecule has 0 saturated heterocycles. The Labute approximate surface area is 140 Å². The summed E-state index contributed by atoms with van der Waals surface area (Å²) < 4.78 is 0. The zero-order chi connectivity index (χ0) is 15.0. The molecular formula is C12H7Cl5N2O. The number of aliphatic hydroxyl groups excluding tert-OH is 1. The van der Waals surface area contributed by atoms with Gasteiger partial charge < -0.3 is 10.8 Å². The van der Waals surface area contributed by atoms with Crippen molar-refractivity contribution in [1.82, 2.24) is 4.98 Å². The zero-order valence-electron chi connectivity index (χ0n) is 9.72. The van der Waals surface area contributed by atoms with Gasteiger partial charge in [0.15, 0.2) is 0 Å². The number of nitrogen functional groups attached to an aromatic ring is 1. The van der Waals surface area contributed by atoms with E-state index in [1.54, 1.807) is 6.07 Å². The fraction of sp³-hybridized carbons (Fsp3) is 0.0833. The normalized spacial score (nSPS) is 10.9. The zero-order valence-corrected chi connectivity index (χ0v) is 13.5. The van der Waals surface area contributed by atoms with Crippen LogP contribution in [0.3, 0.4) is 0 Å². The van der Waals surface area contributed by atoms with Crippen LogP contribution in [0.4, 0.5) is 5.69 Å². The molecule has 0 spiro atoms. The molecule has 2 rings (SSSR count). The summed E-state index contributed by atoms with van der Waals surface area (Å²) in [6.07, 6.45) is 1.39. The van der Waals surface area contributed by atoms with E-state index in [1.165, 1.54) is 6.20 Å². The lowest BCUT2D eigenvalue weighted by Gasteiger charge is -2.13. The number of halogens is 5. The van der Waals surface area contributed by atoms with Crippen LogP contribution in [0.5, 0.6) is 0 Å². The molecule has 3 nitrogen and oxygen atoms in total. The van der Waals surface area contributed by atoms with E-state index in [9.17, 15) is 5.11 Å². The van der Waals surface area contributed by atoms with Gasteiger partial charge in [-0.3, -0.25) is 4.98 Å². The molecule has 0 aliphatic rings. The molecule has 0 atom stereocenters. The Morgan fingerprint density at radius 1 is 0.950 bits per heavy atom. The number of nitrogens with zero attached hydrogens (tertiary/aromatic N) is 1. The van der Waals surface area contributed by atoms with Crippen molar-refractivity contribution in [2.75, 3.05) is 5.73 Å². The molecule has 20 heavy (non-hydrogen) atoms. The number of pyridine rings is 1. The molecular weight excluding hydrogens is 365 g/mol. The van der Waals surface area contributed by atoms with Gasteiger partial charge in [-0.2, -0.15) is 0 Å². The van der Waals surface area contributed by atoms with Crippen molar-refractivity contribution in [2.45, 2.75) is 6.61 Å². The van der Waals surface area contributed by atoms with Crippen LogP contribution in [-0.4, -0.2) is 10.1 Å². The molecule has 1 aromatic carbocycles. The van der Waals surface area contributed by atoms with E-state index in [1.807, 2.05) is 0 Å². The van der Waals surface area contributed by atoms with Crippen molar-refractivity contribution < 1.29 is 5.11 Å². The minimum Gasteiger partial charge on any atom is -0.397 e. The lowest BCUT2D eigenvalue weighted by molar-refractivity contribution is 0.282. The predicted octanol–water partition coefficient (Wildman–Crippen LogP) is 5.09.